The lowest BCUT2D eigenvalue weighted by Gasteiger charge is -2.33. The second-order valence-electron chi connectivity index (χ2n) is 6.41. The number of fused-ring (bicyclic) bond motifs is 1. The monoisotopic (exact) mass is 407 g/mol. The number of hydrogen-bond acceptors (Lipinski definition) is 6. The van der Waals surface area contributed by atoms with E-state index in [0.29, 0.717) is 29.6 Å². The molecular weight excluding hydrogens is 386 g/mol. The van der Waals surface area contributed by atoms with Crippen LogP contribution in [-0.2, 0) is 27.3 Å². The van der Waals surface area contributed by atoms with Crippen molar-refractivity contribution < 1.29 is 19.1 Å². The highest BCUT2D eigenvalue weighted by molar-refractivity contribution is 7.14. The summed E-state index contributed by atoms with van der Waals surface area (Å²) in [5, 5.41) is 1.16. The summed E-state index contributed by atoms with van der Waals surface area (Å²) >= 11 is 7.85. The van der Waals surface area contributed by atoms with Crippen molar-refractivity contribution >= 4 is 34.9 Å². The number of carbonyl (C=O) groups excluding carboxylic acids is 2. The number of methoxy groups -OCH3 is 1. The SMILES string of the molecule is CCCC(=O)Oc1cc2c(s1)CCN([C@H](C(=O)OC)c1ccccc1Cl)C2. The summed E-state index contributed by atoms with van der Waals surface area (Å²) in [7, 11) is 1.39. The molecule has 7 heteroatoms. The van der Waals surface area contributed by atoms with E-state index in [1.165, 1.54) is 23.3 Å². The Bertz CT molecular complexity index is 835. The van der Waals surface area contributed by atoms with Gasteiger partial charge in [0.25, 0.3) is 0 Å². The molecule has 0 bridgehead atoms. The van der Waals surface area contributed by atoms with Crippen LogP contribution in [0.5, 0.6) is 5.06 Å². The van der Waals surface area contributed by atoms with Crippen LogP contribution in [0.4, 0.5) is 0 Å². The largest absolute Gasteiger partial charge is 0.468 e. The molecule has 0 N–H and O–H groups in total. The average molecular weight is 408 g/mol. The summed E-state index contributed by atoms with van der Waals surface area (Å²) in [5.41, 5.74) is 1.81. The van der Waals surface area contributed by atoms with Crippen molar-refractivity contribution in [3.63, 3.8) is 0 Å². The van der Waals surface area contributed by atoms with Crippen molar-refractivity contribution in [2.45, 2.75) is 38.8 Å². The highest BCUT2D eigenvalue weighted by atomic mass is 35.5. The Morgan fingerprint density at radius 2 is 2.11 bits per heavy atom. The van der Waals surface area contributed by atoms with Crippen LogP contribution in [-0.4, -0.2) is 30.5 Å². The zero-order chi connectivity index (χ0) is 19.4. The van der Waals surface area contributed by atoms with Crippen LogP contribution in [0.2, 0.25) is 5.02 Å². The van der Waals surface area contributed by atoms with E-state index < -0.39 is 6.04 Å². The van der Waals surface area contributed by atoms with E-state index in [1.807, 2.05) is 31.2 Å². The maximum atomic E-state index is 12.5. The smallest absolute Gasteiger partial charge is 0.327 e. The number of nitrogens with zero attached hydrogens (tertiary/aromatic N) is 1. The fourth-order valence-corrected chi connectivity index (χ4v) is 4.51. The van der Waals surface area contributed by atoms with Gasteiger partial charge in [-0.1, -0.05) is 36.7 Å². The highest BCUT2D eigenvalue weighted by Gasteiger charge is 2.33. The molecule has 0 saturated carbocycles. The number of carbonyl (C=O) groups is 2. The molecule has 0 saturated heterocycles. The normalized spacial score (nSPS) is 15.1. The molecule has 0 amide bonds. The maximum Gasteiger partial charge on any atom is 0.327 e. The molecule has 0 spiro atoms. The molecule has 5 nitrogen and oxygen atoms in total. The van der Waals surface area contributed by atoms with E-state index in [0.717, 1.165) is 24.0 Å². The van der Waals surface area contributed by atoms with Gasteiger partial charge >= 0.3 is 11.9 Å². The lowest BCUT2D eigenvalue weighted by molar-refractivity contribution is -0.147. The molecule has 2 aromatic rings. The molecule has 0 unspecified atom stereocenters. The Balaban J connectivity index is 1.82. The van der Waals surface area contributed by atoms with Crippen molar-refractivity contribution in [3.05, 3.63) is 51.4 Å². The molecular formula is C20H22ClNO4S. The Morgan fingerprint density at radius 3 is 2.81 bits per heavy atom. The molecule has 0 radical (unpaired) electrons. The van der Waals surface area contributed by atoms with Gasteiger partial charge in [0.15, 0.2) is 5.06 Å². The van der Waals surface area contributed by atoms with Gasteiger partial charge in [-0.25, -0.2) is 4.79 Å². The minimum Gasteiger partial charge on any atom is -0.468 e. The molecule has 27 heavy (non-hydrogen) atoms. The molecule has 1 aromatic heterocycles. The Labute approximate surface area is 167 Å². The van der Waals surface area contributed by atoms with Crippen molar-refractivity contribution in [2.75, 3.05) is 13.7 Å². The molecule has 1 aromatic carbocycles. The van der Waals surface area contributed by atoms with Gasteiger partial charge < -0.3 is 9.47 Å². The predicted molar refractivity (Wildman–Crippen MR) is 105 cm³/mol. The highest BCUT2D eigenvalue weighted by Crippen LogP contribution is 2.37. The number of halogens is 1. The van der Waals surface area contributed by atoms with Gasteiger partial charge in [0.2, 0.25) is 0 Å². The van der Waals surface area contributed by atoms with E-state index in [9.17, 15) is 9.59 Å². The molecule has 0 aliphatic carbocycles. The van der Waals surface area contributed by atoms with Gasteiger partial charge in [-0.2, -0.15) is 0 Å². The fourth-order valence-electron chi connectivity index (χ4n) is 3.25. The zero-order valence-corrected chi connectivity index (χ0v) is 16.9. The van der Waals surface area contributed by atoms with E-state index in [4.69, 9.17) is 21.1 Å². The van der Waals surface area contributed by atoms with Gasteiger partial charge in [0.05, 0.1) is 7.11 Å². The number of benzene rings is 1. The van der Waals surface area contributed by atoms with E-state index >= 15 is 0 Å². The van der Waals surface area contributed by atoms with Crippen LogP contribution in [0.15, 0.2) is 30.3 Å². The van der Waals surface area contributed by atoms with Crippen molar-refractivity contribution in [2.24, 2.45) is 0 Å². The summed E-state index contributed by atoms with van der Waals surface area (Å²) in [6.45, 7) is 3.21. The van der Waals surface area contributed by atoms with Crippen LogP contribution >= 0.6 is 22.9 Å². The number of rotatable bonds is 6. The number of ether oxygens (including phenoxy) is 2. The minimum absolute atomic E-state index is 0.212. The standard InChI is InChI=1S/C20H22ClNO4S/c1-3-6-17(23)26-18-11-13-12-22(10-9-16(13)27-18)19(20(24)25-2)14-7-4-5-8-15(14)21/h4-5,7-8,11,19H,3,6,9-10,12H2,1-2H3/t19-/m0/s1. The summed E-state index contributed by atoms with van der Waals surface area (Å²) < 4.78 is 10.5. The Hall–Kier alpha value is -1.89. The first-order valence-corrected chi connectivity index (χ1v) is 10.1. The number of esters is 2. The first-order valence-electron chi connectivity index (χ1n) is 8.92. The topological polar surface area (TPSA) is 55.8 Å². The quantitative estimate of drug-likeness (QED) is 0.665. The number of hydrogen-bond donors (Lipinski definition) is 0. The second kappa shape index (κ2) is 8.87. The van der Waals surface area contributed by atoms with Crippen molar-refractivity contribution in [1.82, 2.24) is 4.90 Å². The third kappa shape index (κ3) is 4.51. The average Bonchev–Trinajstić information content (AvgIpc) is 3.04. The van der Waals surface area contributed by atoms with Crippen LogP contribution in [0.1, 0.15) is 41.8 Å². The van der Waals surface area contributed by atoms with Crippen LogP contribution < -0.4 is 4.74 Å². The molecule has 2 heterocycles. The minimum atomic E-state index is -0.567. The predicted octanol–water partition coefficient (Wildman–Crippen LogP) is 4.38. The van der Waals surface area contributed by atoms with Crippen molar-refractivity contribution in [3.8, 4) is 5.06 Å². The van der Waals surface area contributed by atoms with E-state index in [-0.39, 0.29) is 11.9 Å². The third-order valence-electron chi connectivity index (χ3n) is 4.53. The molecule has 1 atom stereocenters. The lowest BCUT2D eigenvalue weighted by Crippen LogP contribution is -2.38. The first kappa shape index (κ1) is 19.9. The van der Waals surface area contributed by atoms with Crippen LogP contribution in [0.3, 0.4) is 0 Å². The molecule has 3 rings (SSSR count). The Kier molecular flexibility index (Phi) is 6.52. The Morgan fingerprint density at radius 1 is 1.33 bits per heavy atom. The lowest BCUT2D eigenvalue weighted by atomic mass is 10.0. The molecule has 1 aliphatic rings. The van der Waals surface area contributed by atoms with Gasteiger partial charge in [-0.3, -0.25) is 9.69 Å². The third-order valence-corrected chi connectivity index (χ3v) is 5.99. The first-order chi connectivity index (χ1) is 13.0. The van der Waals surface area contributed by atoms with Gasteiger partial charge in [-0.05, 0) is 36.1 Å². The summed E-state index contributed by atoms with van der Waals surface area (Å²) in [6, 6.07) is 8.67. The summed E-state index contributed by atoms with van der Waals surface area (Å²) in [6.07, 6.45) is 1.95. The second-order valence-corrected chi connectivity index (χ2v) is 7.91. The van der Waals surface area contributed by atoms with Crippen LogP contribution in [0.25, 0.3) is 0 Å². The zero-order valence-electron chi connectivity index (χ0n) is 15.4. The molecule has 144 valence electrons. The van der Waals surface area contributed by atoms with Gasteiger partial charge in [-0.15, -0.1) is 11.3 Å². The summed E-state index contributed by atoms with van der Waals surface area (Å²) in [4.78, 5) is 27.5. The fraction of sp³-hybridized carbons (Fsp3) is 0.400. The van der Waals surface area contributed by atoms with Crippen LogP contribution in [0, 0.1) is 0 Å². The van der Waals surface area contributed by atoms with E-state index in [1.54, 1.807) is 6.07 Å². The maximum absolute atomic E-state index is 12.5. The number of thiophene rings is 1. The molecule has 0 fully saturated rings. The van der Waals surface area contributed by atoms with Gasteiger partial charge in [0.1, 0.15) is 6.04 Å². The molecule has 1 aliphatic heterocycles. The van der Waals surface area contributed by atoms with Crippen molar-refractivity contribution in [1.29, 1.82) is 0 Å². The van der Waals surface area contributed by atoms with Gasteiger partial charge in [0, 0.05) is 29.4 Å². The summed E-state index contributed by atoms with van der Waals surface area (Å²) in [5.74, 6) is -0.548. The van der Waals surface area contributed by atoms with E-state index in [2.05, 4.69) is 4.90 Å².